The molecular weight excluding hydrogens is 180 g/mol. The third-order valence-corrected chi connectivity index (χ3v) is 7.03. The first-order valence-electron chi connectivity index (χ1n) is 4.54. The Labute approximate surface area is 81.0 Å². The van der Waals surface area contributed by atoms with Crippen LogP contribution in [-0.4, -0.2) is 8.32 Å². The molecule has 0 radical (unpaired) electrons. The summed E-state index contributed by atoms with van der Waals surface area (Å²) in [4.78, 5) is 0. The first-order valence-corrected chi connectivity index (χ1v) is 7.45. The maximum Gasteiger partial charge on any atom is 0.250 e. The van der Waals surface area contributed by atoms with Crippen LogP contribution in [0.4, 0.5) is 0 Å². The van der Waals surface area contributed by atoms with E-state index in [2.05, 4.69) is 33.9 Å². The predicted octanol–water partition coefficient (Wildman–Crippen LogP) is 3.66. The average Bonchev–Trinajstić information content (AvgIpc) is 2.35. The van der Waals surface area contributed by atoms with Crippen molar-refractivity contribution in [3.8, 4) is 5.75 Å². The Morgan fingerprint density at radius 2 is 1.92 bits per heavy atom. The summed E-state index contributed by atoms with van der Waals surface area (Å²) < 4.78 is 10.9. The fraction of sp³-hybridized carbons (Fsp3) is 0.600. The molecule has 0 aromatic carbocycles. The molecule has 0 aliphatic carbocycles. The third-order valence-electron chi connectivity index (χ3n) is 2.67. The predicted molar refractivity (Wildman–Crippen MR) is 56.5 cm³/mol. The molecule has 1 aromatic rings. The van der Waals surface area contributed by atoms with Crippen molar-refractivity contribution in [2.75, 3.05) is 0 Å². The smallest absolute Gasteiger partial charge is 0.250 e. The third kappa shape index (κ3) is 2.37. The molecule has 0 saturated heterocycles. The molecule has 0 aliphatic heterocycles. The van der Waals surface area contributed by atoms with E-state index in [9.17, 15) is 0 Å². The fourth-order valence-corrected chi connectivity index (χ4v) is 1.77. The van der Waals surface area contributed by atoms with Crippen molar-refractivity contribution in [3.63, 3.8) is 0 Å². The summed E-state index contributed by atoms with van der Waals surface area (Å²) in [6, 6.07) is 1.86. The number of furan rings is 1. The van der Waals surface area contributed by atoms with Crippen LogP contribution in [0, 0.1) is 0 Å². The Balaban J connectivity index is 2.73. The van der Waals surface area contributed by atoms with E-state index >= 15 is 0 Å². The van der Waals surface area contributed by atoms with Gasteiger partial charge in [-0.05, 0) is 18.1 Å². The van der Waals surface area contributed by atoms with Gasteiger partial charge in [-0.2, -0.15) is 0 Å². The number of hydrogen-bond donors (Lipinski definition) is 0. The Bertz CT molecular complexity index is 257. The zero-order valence-corrected chi connectivity index (χ0v) is 10.0. The first-order chi connectivity index (χ1) is 5.83. The van der Waals surface area contributed by atoms with E-state index < -0.39 is 8.32 Å². The molecule has 74 valence electrons. The van der Waals surface area contributed by atoms with Crippen molar-refractivity contribution < 1.29 is 8.84 Å². The molecule has 0 saturated carbocycles. The van der Waals surface area contributed by atoms with Crippen molar-refractivity contribution in [1.82, 2.24) is 0 Å². The molecule has 0 unspecified atom stereocenters. The second kappa shape index (κ2) is 3.22. The fourth-order valence-electron chi connectivity index (χ4n) is 0.758. The van der Waals surface area contributed by atoms with Gasteiger partial charge in [0, 0.05) is 6.07 Å². The SMILES string of the molecule is CC(C)(C)[Si](C)(C)Oc1ccoc1. The minimum Gasteiger partial charge on any atom is -0.541 e. The second-order valence-electron chi connectivity index (χ2n) is 4.82. The highest BCUT2D eigenvalue weighted by Gasteiger charge is 2.39. The van der Waals surface area contributed by atoms with Crippen LogP contribution >= 0.6 is 0 Å². The van der Waals surface area contributed by atoms with E-state index in [4.69, 9.17) is 8.84 Å². The topological polar surface area (TPSA) is 22.4 Å². The summed E-state index contributed by atoms with van der Waals surface area (Å²) in [5.41, 5.74) is 0. The molecule has 0 spiro atoms. The van der Waals surface area contributed by atoms with Gasteiger partial charge in [0.05, 0.1) is 6.26 Å². The molecule has 0 bridgehead atoms. The van der Waals surface area contributed by atoms with E-state index in [1.807, 2.05) is 6.07 Å². The number of rotatable bonds is 2. The van der Waals surface area contributed by atoms with Gasteiger partial charge in [-0.3, -0.25) is 0 Å². The average molecular weight is 198 g/mol. The van der Waals surface area contributed by atoms with Gasteiger partial charge in [0.1, 0.15) is 12.0 Å². The Morgan fingerprint density at radius 1 is 1.31 bits per heavy atom. The van der Waals surface area contributed by atoms with Crippen LogP contribution < -0.4 is 4.43 Å². The number of hydrogen-bond acceptors (Lipinski definition) is 2. The zero-order chi connectivity index (χ0) is 10.1. The van der Waals surface area contributed by atoms with Gasteiger partial charge < -0.3 is 8.84 Å². The molecule has 3 heteroatoms. The monoisotopic (exact) mass is 198 g/mol. The molecule has 1 rings (SSSR count). The molecule has 0 fully saturated rings. The molecule has 1 aromatic heterocycles. The van der Waals surface area contributed by atoms with Crippen LogP contribution in [0.5, 0.6) is 5.75 Å². The zero-order valence-electron chi connectivity index (χ0n) is 9.05. The molecular formula is C10H18O2Si. The van der Waals surface area contributed by atoms with E-state index in [-0.39, 0.29) is 5.04 Å². The Morgan fingerprint density at radius 3 is 2.31 bits per heavy atom. The Hall–Kier alpha value is -0.703. The van der Waals surface area contributed by atoms with Gasteiger partial charge in [-0.25, -0.2) is 0 Å². The van der Waals surface area contributed by atoms with Gasteiger partial charge >= 0.3 is 0 Å². The van der Waals surface area contributed by atoms with E-state index in [1.54, 1.807) is 12.5 Å². The van der Waals surface area contributed by atoms with Crippen LogP contribution in [0.15, 0.2) is 23.0 Å². The second-order valence-corrected chi connectivity index (χ2v) is 9.55. The highest BCUT2D eigenvalue weighted by molar-refractivity contribution is 6.74. The Kier molecular flexibility index (Phi) is 2.57. The lowest BCUT2D eigenvalue weighted by atomic mass is 10.2. The van der Waals surface area contributed by atoms with Gasteiger partial charge in [-0.15, -0.1) is 0 Å². The van der Waals surface area contributed by atoms with Crippen molar-refractivity contribution in [2.45, 2.75) is 38.9 Å². The van der Waals surface area contributed by atoms with Crippen LogP contribution in [0.3, 0.4) is 0 Å². The van der Waals surface area contributed by atoms with Gasteiger partial charge in [0.25, 0.3) is 8.32 Å². The highest BCUT2D eigenvalue weighted by Crippen LogP contribution is 2.37. The minimum atomic E-state index is -1.67. The van der Waals surface area contributed by atoms with Gasteiger partial charge in [0.2, 0.25) is 0 Å². The molecule has 0 amide bonds. The molecule has 13 heavy (non-hydrogen) atoms. The van der Waals surface area contributed by atoms with Crippen LogP contribution in [0.1, 0.15) is 20.8 Å². The van der Waals surface area contributed by atoms with Crippen molar-refractivity contribution in [2.24, 2.45) is 0 Å². The summed E-state index contributed by atoms with van der Waals surface area (Å²) in [6.07, 6.45) is 3.29. The van der Waals surface area contributed by atoms with Gasteiger partial charge in [-0.1, -0.05) is 20.8 Å². The largest absolute Gasteiger partial charge is 0.541 e. The molecule has 0 N–H and O–H groups in total. The summed E-state index contributed by atoms with van der Waals surface area (Å²) >= 11 is 0. The van der Waals surface area contributed by atoms with Crippen molar-refractivity contribution in [3.05, 3.63) is 18.6 Å². The van der Waals surface area contributed by atoms with Crippen molar-refractivity contribution in [1.29, 1.82) is 0 Å². The maximum atomic E-state index is 5.95. The summed E-state index contributed by atoms with van der Waals surface area (Å²) in [7, 11) is -1.67. The molecule has 0 atom stereocenters. The lowest BCUT2D eigenvalue weighted by Gasteiger charge is -2.35. The lowest BCUT2D eigenvalue weighted by molar-refractivity contribution is 0.477. The first kappa shape index (κ1) is 10.4. The van der Waals surface area contributed by atoms with Crippen LogP contribution in [0.2, 0.25) is 18.1 Å². The molecule has 1 heterocycles. The quantitative estimate of drug-likeness (QED) is 0.677. The normalized spacial score (nSPS) is 13.0. The van der Waals surface area contributed by atoms with Crippen molar-refractivity contribution >= 4 is 8.32 Å². The van der Waals surface area contributed by atoms with Gasteiger partial charge in [0.15, 0.2) is 0 Å². The van der Waals surface area contributed by atoms with Crippen LogP contribution in [-0.2, 0) is 0 Å². The van der Waals surface area contributed by atoms with E-state index in [1.165, 1.54) is 0 Å². The summed E-state index contributed by atoms with van der Waals surface area (Å²) in [5.74, 6) is 0.853. The molecule has 2 nitrogen and oxygen atoms in total. The molecule has 0 aliphatic rings. The van der Waals surface area contributed by atoms with Crippen LogP contribution in [0.25, 0.3) is 0 Å². The van der Waals surface area contributed by atoms with E-state index in [0.29, 0.717) is 0 Å². The van der Waals surface area contributed by atoms with E-state index in [0.717, 1.165) is 5.75 Å². The summed E-state index contributed by atoms with van der Waals surface area (Å²) in [6.45, 7) is 11.1. The lowest BCUT2D eigenvalue weighted by Crippen LogP contribution is -2.43. The highest BCUT2D eigenvalue weighted by atomic mass is 28.4. The summed E-state index contributed by atoms with van der Waals surface area (Å²) in [5, 5.41) is 0.240. The maximum absolute atomic E-state index is 5.95. The standard InChI is InChI=1S/C10H18O2Si/c1-10(2,3)13(4,5)12-9-6-7-11-8-9/h6-8H,1-5H3. The minimum absolute atomic E-state index is 0.240.